The second-order valence-corrected chi connectivity index (χ2v) is 6.88. The summed E-state index contributed by atoms with van der Waals surface area (Å²) in [6.07, 6.45) is 4.61. The van der Waals surface area contributed by atoms with Gasteiger partial charge in [-0.25, -0.2) is 15.0 Å². The molecule has 1 aliphatic rings. The molecule has 2 aromatic heterocycles. The summed E-state index contributed by atoms with van der Waals surface area (Å²) in [6, 6.07) is 3.71. The maximum Gasteiger partial charge on any atom is 0.309 e. The lowest BCUT2D eigenvalue weighted by atomic mass is 9.97. The monoisotopic (exact) mass is 420 g/mol. The molecule has 0 amide bonds. The summed E-state index contributed by atoms with van der Waals surface area (Å²) in [7, 11) is 0. The molecule has 138 valence electrons. The summed E-state index contributed by atoms with van der Waals surface area (Å²) in [6.45, 7) is 3.63. The van der Waals surface area contributed by atoms with E-state index >= 15 is 0 Å². The number of hydrogen-bond acceptors (Lipinski definition) is 8. The quantitative estimate of drug-likeness (QED) is 0.710. The number of carbonyl (C=O) groups is 1. The number of anilines is 4. The summed E-state index contributed by atoms with van der Waals surface area (Å²) in [5.41, 5.74) is 6.74. The van der Waals surface area contributed by atoms with Crippen LogP contribution in [0.2, 0.25) is 0 Å². The van der Waals surface area contributed by atoms with Crippen LogP contribution in [0.4, 0.5) is 23.1 Å². The van der Waals surface area contributed by atoms with Crippen molar-refractivity contribution in [3.8, 4) is 0 Å². The van der Waals surface area contributed by atoms with Gasteiger partial charge in [-0.3, -0.25) is 4.79 Å². The molecule has 1 aliphatic heterocycles. The van der Waals surface area contributed by atoms with Crippen molar-refractivity contribution >= 4 is 45.0 Å². The minimum atomic E-state index is -0.119. The summed E-state index contributed by atoms with van der Waals surface area (Å²) in [5.74, 6) is 1.65. The predicted octanol–water partition coefficient (Wildman–Crippen LogP) is 2.74. The summed E-state index contributed by atoms with van der Waals surface area (Å²) in [4.78, 5) is 26.8. The molecule has 26 heavy (non-hydrogen) atoms. The third-order valence-electron chi connectivity index (χ3n) is 4.25. The molecule has 0 bridgehead atoms. The normalized spacial score (nSPS) is 14.9. The average Bonchev–Trinajstić information content (AvgIpc) is 2.66. The van der Waals surface area contributed by atoms with E-state index in [-0.39, 0.29) is 11.9 Å². The van der Waals surface area contributed by atoms with Gasteiger partial charge in [0, 0.05) is 23.8 Å². The molecule has 0 spiro atoms. The molecule has 3 heterocycles. The van der Waals surface area contributed by atoms with Crippen LogP contribution in [-0.4, -0.2) is 40.6 Å². The number of hydrogen-bond donors (Lipinski definition) is 2. The zero-order chi connectivity index (χ0) is 18.5. The Bertz CT molecular complexity index is 762. The highest BCUT2D eigenvalue weighted by atomic mass is 79.9. The Morgan fingerprint density at radius 1 is 1.35 bits per heavy atom. The van der Waals surface area contributed by atoms with Crippen molar-refractivity contribution in [1.29, 1.82) is 0 Å². The number of pyridine rings is 1. The Morgan fingerprint density at radius 2 is 2.12 bits per heavy atom. The Kier molecular flexibility index (Phi) is 5.87. The number of esters is 1. The second-order valence-electron chi connectivity index (χ2n) is 5.96. The first-order valence-electron chi connectivity index (χ1n) is 8.49. The van der Waals surface area contributed by atoms with E-state index in [2.05, 4.69) is 41.1 Å². The highest BCUT2D eigenvalue weighted by Gasteiger charge is 2.27. The van der Waals surface area contributed by atoms with E-state index in [0.717, 1.165) is 17.3 Å². The van der Waals surface area contributed by atoms with E-state index in [1.807, 2.05) is 19.1 Å². The van der Waals surface area contributed by atoms with E-state index < -0.39 is 0 Å². The van der Waals surface area contributed by atoms with Crippen molar-refractivity contribution < 1.29 is 9.53 Å². The van der Waals surface area contributed by atoms with Gasteiger partial charge in [0.15, 0.2) is 11.6 Å². The molecule has 0 aliphatic carbocycles. The van der Waals surface area contributed by atoms with Gasteiger partial charge in [-0.1, -0.05) is 0 Å². The molecule has 0 saturated carbocycles. The zero-order valence-electron chi connectivity index (χ0n) is 14.5. The van der Waals surface area contributed by atoms with Crippen LogP contribution in [0.3, 0.4) is 0 Å². The third kappa shape index (κ3) is 4.21. The van der Waals surface area contributed by atoms with Gasteiger partial charge in [-0.2, -0.15) is 0 Å². The molecule has 1 fully saturated rings. The lowest BCUT2D eigenvalue weighted by molar-refractivity contribution is -0.148. The lowest BCUT2D eigenvalue weighted by Gasteiger charge is -2.32. The van der Waals surface area contributed by atoms with Gasteiger partial charge in [-0.15, -0.1) is 0 Å². The summed E-state index contributed by atoms with van der Waals surface area (Å²) in [5, 5.41) is 3.11. The van der Waals surface area contributed by atoms with Crippen molar-refractivity contribution in [2.24, 2.45) is 5.92 Å². The fourth-order valence-corrected chi connectivity index (χ4v) is 3.13. The fourth-order valence-electron chi connectivity index (χ4n) is 2.90. The van der Waals surface area contributed by atoms with Gasteiger partial charge in [0.1, 0.15) is 17.8 Å². The van der Waals surface area contributed by atoms with Gasteiger partial charge in [0.05, 0.1) is 12.5 Å². The molecule has 0 atom stereocenters. The maximum atomic E-state index is 11.9. The number of nitrogen functional groups attached to an aromatic ring is 1. The molecular formula is C17H21BrN6O2. The fraction of sp³-hybridized carbons (Fsp3) is 0.412. The topological polar surface area (TPSA) is 106 Å². The molecule has 0 aromatic carbocycles. The average molecular weight is 421 g/mol. The molecule has 2 aromatic rings. The molecule has 1 saturated heterocycles. The Morgan fingerprint density at radius 3 is 2.77 bits per heavy atom. The maximum absolute atomic E-state index is 11.9. The van der Waals surface area contributed by atoms with Crippen LogP contribution in [0.25, 0.3) is 0 Å². The largest absolute Gasteiger partial charge is 0.466 e. The standard InChI is InChI=1S/C17H21BrN6O2/c1-2-26-17(25)11-5-7-24(8-6-11)16-14(19)15(21-10-22-16)23-13-4-3-12(18)9-20-13/h3-4,9-11H,2,5-8,19H2,1H3,(H,20,21,22,23). The van der Waals surface area contributed by atoms with E-state index in [0.29, 0.717) is 42.8 Å². The highest BCUT2D eigenvalue weighted by Crippen LogP contribution is 2.31. The number of nitrogens with two attached hydrogens (primary N) is 1. The number of aromatic nitrogens is 3. The Balaban J connectivity index is 1.70. The second kappa shape index (κ2) is 8.31. The van der Waals surface area contributed by atoms with E-state index in [9.17, 15) is 4.79 Å². The van der Waals surface area contributed by atoms with Gasteiger partial charge in [0.2, 0.25) is 0 Å². The number of carbonyl (C=O) groups excluding carboxylic acids is 1. The van der Waals surface area contributed by atoms with Gasteiger partial charge in [-0.05, 0) is 47.8 Å². The lowest BCUT2D eigenvalue weighted by Crippen LogP contribution is -2.37. The number of halogens is 1. The van der Waals surface area contributed by atoms with Gasteiger partial charge in [0.25, 0.3) is 0 Å². The van der Waals surface area contributed by atoms with Crippen molar-refractivity contribution in [1.82, 2.24) is 15.0 Å². The number of rotatable bonds is 5. The number of ether oxygens (including phenoxy) is 1. The first kappa shape index (κ1) is 18.4. The predicted molar refractivity (Wildman–Crippen MR) is 103 cm³/mol. The van der Waals surface area contributed by atoms with Crippen molar-refractivity contribution in [2.45, 2.75) is 19.8 Å². The molecular weight excluding hydrogens is 400 g/mol. The van der Waals surface area contributed by atoms with Gasteiger partial charge < -0.3 is 20.7 Å². The molecule has 9 heteroatoms. The smallest absolute Gasteiger partial charge is 0.309 e. The van der Waals surface area contributed by atoms with Crippen LogP contribution in [0, 0.1) is 5.92 Å². The van der Waals surface area contributed by atoms with Crippen molar-refractivity contribution in [2.75, 3.05) is 35.6 Å². The van der Waals surface area contributed by atoms with Crippen LogP contribution in [0.5, 0.6) is 0 Å². The van der Waals surface area contributed by atoms with Crippen LogP contribution >= 0.6 is 15.9 Å². The van der Waals surface area contributed by atoms with E-state index in [1.165, 1.54) is 6.33 Å². The minimum Gasteiger partial charge on any atom is -0.466 e. The molecule has 0 radical (unpaired) electrons. The van der Waals surface area contributed by atoms with Crippen molar-refractivity contribution in [3.05, 3.63) is 29.1 Å². The highest BCUT2D eigenvalue weighted by molar-refractivity contribution is 9.10. The molecule has 8 nitrogen and oxygen atoms in total. The number of piperidine rings is 1. The molecule has 3 N–H and O–H groups in total. The summed E-state index contributed by atoms with van der Waals surface area (Å²) >= 11 is 3.35. The first-order valence-corrected chi connectivity index (χ1v) is 9.28. The Hall–Kier alpha value is -2.42. The number of nitrogens with zero attached hydrogens (tertiary/aromatic N) is 4. The van der Waals surface area contributed by atoms with E-state index in [1.54, 1.807) is 6.20 Å². The van der Waals surface area contributed by atoms with E-state index in [4.69, 9.17) is 10.5 Å². The minimum absolute atomic E-state index is 0.0566. The van der Waals surface area contributed by atoms with Crippen molar-refractivity contribution in [3.63, 3.8) is 0 Å². The Labute approximate surface area is 160 Å². The third-order valence-corrected chi connectivity index (χ3v) is 4.72. The van der Waals surface area contributed by atoms with Crippen LogP contribution in [0.1, 0.15) is 19.8 Å². The van der Waals surface area contributed by atoms with Crippen LogP contribution < -0.4 is 16.0 Å². The van der Waals surface area contributed by atoms with Crippen LogP contribution in [-0.2, 0) is 9.53 Å². The zero-order valence-corrected chi connectivity index (χ0v) is 16.1. The first-order chi connectivity index (χ1) is 12.6. The summed E-state index contributed by atoms with van der Waals surface area (Å²) < 4.78 is 6.00. The molecule has 3 rings (SSSR count). The SMILES string of the molecule is CCOC(=O)C1CCN(c2ncnc(Nc3ccc(Br)cn3)c2N)CC1. The number of nitrogens with one attached hydrogen (secondary N) is 1. The van der Waals surface area contributed by atoms with Crippen LogP contribution in [0.15, 0.2) is 29.1 Å². The van der Waals surface area contributed by atoms with Gasteiger partial charge >= 0.3 is 5.97 Å². The molecule has 0 unspecified atom stereocenters.